The Labute approximate surface area is 105 Å². The van der Waals surface area contributed by atoms with Crippen LogP contribution in [0.3, 0.4) is 0 Å². The van der Waals surface area contributed by atoms with Crippen LogP contribution in [0.1, 0.15) is 5.69 Å². The maximum atomic E-state index is 4.22. The van der Waals surface area contributed by atoms with Gasteiger partial charge in [0.1, 0.15) is 0 Å². The first-order valence-corrected chi connectivity index (χ1v) is 6.14. The maximum absolute atomic E-state index is 4.22. The minimum atomic E-state index is 0.694. The van der Waals surface area contributed by atoms with E-state index in [1.54, 1.807) is 0 Å². The molecule has 0 amide bonds. The Kier molecular flexibility index (Phi) is 3.49. The van der Waals surface area contributed by atoms with Crippen LogP contribution in [0.15, 0.2) is 39.9 Å². The Morgan fingerprint density at radius 3 is 2.35 bits per heavy atom. The van der Waals surface area contributed by atoms with Crippen LogP contribution in [0.5, 0.6) is 0 Å². The number of benzene rings is 1. The van der Waals surface area contributed by atoms with E-state index in [0.717, 1.165) is 17.1 Å². The topological polar surface area (TPSA) is 40.9 Å². The molecule has 0 radical (unpaired) electrons. The molecule has 0 bridgehead atoms. The molecule has 2 aromatic rings. The van der Waals surface area contributed by atoms with E-state index in [1.807, 2.05) is 55.6 Å². The molecule has 0 saturated carbocycles. The Morgan fingerprint density at radius 2 is 1.82 bits per heavy atom. The monoisotopic (exact) mass is 246 g/mol. The molecule has 0 aliphatic heterocycles. The van der Waals surface area contributed by atoms with E-state index < -0.39 is 0 Å². The van der Waals surface area contributed by atoms with Gasteiger partial charge in [-0.1, -0.05) is 0 Å². The largest absolute Gasteiger partial charge is 0.378 e. The van der Waals surface area contributed by atoms with Gasteiger partial charge in [0.05, 0.1) is 11.4 Å². The van der Waals surface area contributed by atoms with Gasteiger partial charge in [-0.3, -0.25) is 0 Å². The van der Waals surface area contributed by atoms with Gasteiger partial charge in [0.25, 0.3) is 0 Å². The van der Waals surface area contributed by atoms with E-state index in [-0.39, 0.29) is 0 Å². The summed E-state index contributed by atoms with van der Waals surface area (Å²) in [7, 11) is 4.02. The molecule has 0 aliphatic rings. The van der Waals surface area contributed by atoms with Gasteiger partial charge < -0.3 is 4.90 Å². The smallest absolute Gasteiger partial charge is 0.230 e. The highest BCUT2D eigenvalue weighted by molar-refractivity contribution is 7.13. The van der Waals surface area contributed by atoms with E-state index in [2.05, 4.69) is 15.2 Å². The molecule has 1 aromatic heterocycles. The molecule has 88 valence electrons. The number of rotatable bonds is 3. The summed E-state index contributed by atoms with van der Waals surface area (Å²) in [6.45, 7) is 1.95. The van der Waals surface area contributed by atoms with Crippen molar-refractivity contribution in [3.05, 3.63) is 35.3 Å². The second kappa shape index (κ2) is 5.05. The third kappa shape index (κ3) is 3.10. The Hall–Kier alpha value is -1.75. The van der Waals surface area contributed by atoms with Gasteiger partial charge in [-0.25, -0.2) is 4.98 Å². The van der Waals surface area contributed by atoms with E-state index in [1.165, 1.54) is 11.3 Å². The third-order valence-corrected chi connectivity index (χ3v) is 3.07. The number of thiazole rings is 1. The summed E-state index contributed by atoms with van der Waals surface area (Å²) in [5.41, 5.74) is 2.96. The standard InChI is InChI=1S/C12H14N4S/c1-9-8-17-12(13-9)15-14-10-4-6-11(7-5-10)16(2)3/h4-8H,1-3H3/b15-14+. The fraction of sp³-hybridized carbons (Fsp3) is 0.250. The predicted octanol–water partition coefficient (Wildman–Crippen LogP) is 3.93. The molecule has 17 heavy (non-hydrogen) atoms. The number of hydrogen-bond acceptors (Lipinski definition) is 5. The fourth-order valence-electron chi connectivity index (χ4n) is 1.31. The van der Waals surface area contributed by atoms with E-state index >= 15 is 0 Å². The second-order valence-corrected chi connectivity index (χ2v) is 4.72. The van der Waals surface area contributed by atoms with Gasteiger partial charge in [-0.15, -0.1) is 21.6 Å². The molecular weight excluding hydrogens is 232 g/mol. The molecule has 0 N–H and O–H groups in total. The van der Waals surface area contributed by atoms with Crippen molar-refractivity contribution >= 4 is 27.8 Å². The first kappa shape index (κ1) is 11.7. The molecule has 1 aromatic carbocycles. The quantitative estimate of drug-likeness (QED) is 0.770. The number of anilines is 1. The Balaban J connectivity index is 2.11. The molecule has 1 heterocycles. The molecule has 5 heteroatoms. The van der Waals surface area contributed by atoms with Crippen LogP contribution in [0.4, 0.5) is 16.5 Å². The predicted molar refractivity (Wildman–Crippen MR) is 71.8 cm³/mol. The summed E-state index contributed by atoms with van der Waals surface area (Å²) < 4.78 is 0. The lowest BCUT2D eigenvalue weighted by Crippen LogP contribution is -2.07. The lowest BCUT2D eigenvalue weighted by Gasteiger charge is -2.11. The number of hydrogen-bond donors (Lipinski definition) is 0. The van der Waals surface area contributed by atoms with Crippen molar-refractivity contribution in [1.82, 2.24) is 4.98 Å². The van der Waals surface area contributed by atoms with Crippen LogP contribution in [0.25, 0.3) is 0 Å². The molecule has 0 spiro atoms. The first-order chi connectivity index (χ1) is 8.15. The fourth-order valence-corrected chi connectivity index (χ4v) is 1.92. The van der Waals surface area contributed by atoms with Crippen LogP contribution in [-0.4, -0.2) is 19.1 Å². The van der Waals surface area contributed by atoms with Gasteiger partial charge >= 0.3 is 0 Å². The van der Waals surface area contributed by atoms with Crippen LogP contribution in [0.2, 0.25) is 0 Å². The zero-order chi connectivity index (χ0) is 12.3. The van der Waals surface area contributed by atoms with Crippen LogP contribution in [0, 0.1) is 6.92 Å². The highest BCUT2D eigenvalue weighted by Crippen LogP contribution is 2.23. The average Bonchev–Trinajstić information content (AvgIpc) is 2.73. The van der Waals surface area contributed by atoms with Crippen molar-refractivity contribution in [2.45, 2.75) is 6.92 Å². The molecule has 0 unspecified atom stereocenters. The summed E-state index contributed by atoms with van der Waals surface area (Å²) in [4.78, 5) is 6.27. The zero-order valence-electron chi connectivity index (χ0n) is 10.1. The second-order valence-electron chi connectivity index (χ2n) is 3.88. The Morgan fingerprint density at radius 1 is 1.12 bits per heavy atom. The van der Waals surface area contributed by atoms with Crippen molar-refractivity contribution in [2.75, 3.05) is 19.0 Å². The zero-order valence-corrected chi connectivity index (χ0v) is 10.9. The lowest BCUT2D eigenvalue weighted by atomic mass is 10.3. The molecule has 4 nitrogen and oxygen atoms in total. The van der Waals surface area contributed by atoms with E-state index in [9.17, 15) is 0 Å². The van der Waals surface area contributed by atoms with E-state index in [4.69, 9.17) is 0 Å². The molecule has 0 atom stereocenters. The third-order valence-electron chi connectivity index (χ3n) is 2.22. The summed E-state index contributed by atoms with van der Waals surface area (Å²) in [6, 6.07) is 7.92. The van der Waals surface area contributed by atoms with Gasteiger partial charge in [0, 0.05) is 25.2 Å². The van der Waals surface area contributed by atoms with Crippen molar-refractivity contribution in [2.24, 2.45) is 10.2 Å². The Bertz CT molecular complexity index is 514. The van der Waals surface area contributed by atoms with Crippen molar-refractivity contribution in [1.29, 1.82) is 0 Å². The van der Waals surface area contributed by atoms with E-state index in [0.29, 0.717) is 5.13 Å². The van der Waals surface area contributed by atoms with Crippen molar-refractivity contribution in [3.63, 3.8) is 0 Å². The molecule has 2 rings (SSSR count). The number of aromatic nitrogens is 1. The lowest BCUT2D eigenvalue weighted by molar-refractivity contribution is 1.13. The summed E-state index contributed by atoms with van der Waals surface area (Å²) in [6.07, 6.45) is 0. The average molecular weight is 246 g/mol. The SMILES string of the molecule is Cc1csc(/N=N/c2ccc(N(C)C)cc2)n1. The number of nitrogens with zero attached hydrogens (tertiary/aromatic N) is 4. The van der Waals surface area contributed by atoms with Crippen molar-refractivity contribution < 1.29 is 0 Å². The highest BCUT2D eigenvalue weighted by atomic mass is 32.1. The minimum Gasteiger partial charge on any atom is -0.378 e. The van der Waals surface area contributed by atoms with Gasteiger partial charge in [0.2, 0.25) is 5.13 Å². The van der Waals surface area contributed by atoms with Crippen LogP contribution < -0.4 is 4.90 Å². The number of aryl methyl sites for hydroxylation is 1. The maximum Gasteiger partial charge on any atom is 0.230 e. The summed E-state index contributed by atoms with van der Waals surface area (Å²) in [5.74, 6) is 0. The van der Waals surface area contributed by atoms with Gasteiger partial charge in [-0.2, -0.15) is 0 Å². The normalized spacial score (nSPS) is 11.0. The molecule has 0 aliphatic carbocycles. The molecular formula is C12H14N4S. The van der Waals surface area contributed by atoms with Crippen molar-refractivity contribution in [3.8, 4) is 0 Å². The van der Waals surface area contributed by atoms with Gasteiger partial charge in [-0.05, 0) is 31.2 Å². The van der Waals surface area contributed by atoms with Crippen LogP contribution >= 0.6 is 11.3 Å². The van der Waals surface area contributed by atoms with Crippen LogP contribution in [-0.2, 0) is 0 Å². The molecule has 0 saturated heterocycles. The number of azo groups is 1. The van der Waals surface area contributed by atoms with Gasteiger partial charge in [0.15, 0.2) is 0 Å². The first-order valence-electron chi connectivity index (χ1n) is 5.26. The summed E-state index contributed by atoms with van der Waals surface area (Å²) >= 11 is 1.50. The minimum absolute atomic E-state index is 0.694. The molecule has 0 fully saturated rings. The summed E-state index contributed by atoms with van der Waals surface area (Å²) in [5, 5.41) is 10.9. The highest BCUT2D eigenvalue weighted by Gasteiger charge is 1.97.